The number of hydrogen-bond acceptors (Lipinski definition) is 15. The Balaban J connectivity index is 1.70. The first kappa shape index (κ1) is 30.0. The molecule has 2 aromatic rings. The van der Waals surface area contributed by atoms with E-state index in [2.05, 4.69) is 0 Å². The van der Waals surface area contributed by atoms with Crippen molar-refractivity contribution in [2.45, 2.75) is 50.0 Å². The molecule has 7 atom stereocenters. The van der Waals surface area contributed by atoms with Crippen LogP contribution >= 0.6 is 0 Å². The highest BCUT2D eigenvalue weighted by molar-refractivity contribution is 6.12. The second kappa shape index (κ2) is 12.3. The van der Waals surface area contributed by atoms with Crippen molar-refractivity contribution in [1.82, 2.24) is 0 Å². The summed E-state index contributed by atoms with van der Waals surface area (Å²) in [4.78, 5) is 25.1. The lowest BCUT2D eigenvalue weighted by molar-refractivity contribution is -0.238. The number of ketones is 1. The van der Waals surface area contributed by atoms with Gasteiger partial charge in [-0.15, -0.1) is 0 Å². The molecule has 0 aromatic heterocycles. The number of phenolic OH excluding ortho intramolecular Hbond substituents is 3. The molecular weight excluding hydrogens is 552 g/mol. The molecule has 2 aliphatic heterocycles. The van der Waals surface area contributed by atoms with Gasteiger partial charge in [0.2, 0.25) is 17.8 Å². The van der Waals surface area contributed by atoms with E-state index in [1.165, 1.54) is 24.3 Å². The van der Waals surface area contributed by atoms with Crippen molar-refractivity contribution in [2.24, 2.45) is 0 Å². The van der Waals surface area contributed by atoms with Gasteiger partial charge in [-0.1, -0.05) is 0 Å². The number of aliphatic hydroxyl groups is 5. The minimum atomic E-state index is -1.64. The molecule has 0 radical (unpaired) electrons. The number of hydrogen-bond donors (Lipinski definition) is 8. The van der Waals surface area contributed by atoms with Crippen LogP contribution in [0.2, 0.25) is 0 Å². The average molecular weight is 580 g/mol. The predicted octanol–water partition coefficient (Wildman–Crippen LogP) is -0.604. The van der Waals surface area contributed by atoms with E-state index in [9.17, 15) is 50.4 Å². The van der Waals surface area contributed by atoms with Crippen LogP contribution in [0.4, 0.5) is 0 Å². The number of ether oxygens (including phenoxy) is 5. The molecule has 41 heavy (non-hydrogen) atoms. The molecule has 2 aromatic carbocycles. The number of Topliss-reactive ketones (excluding diaryl/α,β-unsaturated/α-hetero) is 1. The highest BCUT2D eigenvalue weighted by Crippen LogP contribution is 2.37. The van der Waals surface area contributed by atoms with Crippen LogP contribution in [0.15, 0.2) is 42.2 Å². The zero-order valence-corrected chi connectivity index (χ0v) is 21.4. The summed E-state index contributed by atoms with van der Waals surface area (Å²) in [6.45, 7) is -0.00374. The molecule has 15 nitrogen and oxygen atoms in total. The summed E-state index contributed by atoms with van der Waals surface area (Å²) in [7, 11) is 0. The monoisotopic (exact) mass is 580 g/mol. The Bertz CT molecular complexity index is 1310. The second-order valence-electron chi connectivity index (χ2n) is 9.18. The van der Waals surface area contributed by atoms with Gasteiger partial charge in [-0.3, -0.25) is 9.59 Å². The first-order valence-electron chi connectivity index (χ1n) is 12.2. The summed E-state index contributed by atoms with van der Waals surface area (Å²) >= 11 is 0. The number of aromatic hydroxyl groups is 3. The average Bonchev–Trinajstić information content (AvgIpc) is 3.41. The number of carbonyl (C=O) groups excluding carboxylic acids is 2. The lowest BCUT2D eigenvalue weighted by atomic mass is 10.0. The van der Waals surface area contributed by atoms with Crippen LogP contribution in [0.3, 0.4) is 0 Å². The minimum absolute atomic E-state index is 0.0379. The van der Waals surface area contributed by atoms with Gasteiger partial charge in [0.1, 0.15) is 35.9 Å². The van der Waals surface area contributed by atoms with E-state index in [-0.39, 0.29) is 11.3 Å². The lowest BCUT2D eigenvalue weighted by Gasteiger charge is -2.26. The van der Waals surface area contributed by atoms with Gasteiger partial charge in [-0.25, -0.2) is 0 Å². The molecule has 222 valence electrons. The number of rotatable bonds is 9. The van der Waals surface area contributed by atoms with E-state index in [0.29, 0.717) is 0 Å². The zero-order chi connectivity index (χ0) is 30.0. The Hall–Kier alpha value is -3.96. The van der Waals surface area contributed by atoms with Crippen LogP contribution in [-0.4, -0.2) is 109 Å². The van der Waals surface area contributed by atoms with Crippen molar-refractivity contribution in [2.75, 3.05) is 13.2 Å². The standard InChI is InChI=1S/C26H28O15/c1-10(28)38-17-6-13(14(30)7-15(17)31)20(34)24(19(33)11-2-4-12(29)5-3-11)41-26-23(16(32)9-37-26)40-25-22(36)21(35)18(8-27)39-25/h2-7,16,18,21-23,25-27,29-33,35-36H,8-9H2,1H3/b24-19+/t16-,18-,21-,22+,23-,25+,26+/m1/s1. The van der Waals surface area contributed by atoms with Crippen LogP contribution in [0.5, 0.6) is 23.0 Å². The highest BCUT2D eigenvalue weighted by atomic mass is 16.8. The van der Waals surface area contributed by atoms with Gasteiger partial charge in [-0.2, -0.15) is 0 Å². The minimum Gasteiger partial charge on any atom is -0.508 e. The van der Waals surface area contributed by atoms with Crippen LogP contribution in [0, 0.1) is 0 Å². The first-order chi connectivity index (χ1) is 19.4. The summed E-state index contributed by atoms with van der Waals surface area (Å²) in [5, 5.41) is 81.1. The van der Waals surface area contributed by atoms with Gasteiger partial charge in [0.25, 0.3) is 0 Å². The van der Waals surface area contributed by atoms with E-state index in [0.717, 1.165) is 19.1 Å². The largest absolute Gasteiger partial charge is 0.508 e. The van der Waals surface area contributed by atoms with E-state index >= 15 is 0 Å². The van der Waals surface area contributed by atoms with Gasteiger partial charge in [0.15, 0.2) is 29.7 Å². The molecular formula is C26H28O15. The Morgan fingerprint density at radius 1 is 0.976 bits per heavy atom. The van der Waals surface area contributed by atoms with Gasteiger partial charge >= 0.3 is 5.97 Å². The van der Waals surface area contributed by atoms with E-state index in [1.54, 1.807) is 0 Å². The third kappa shape index (κ3) is 6.36. The van der Waals surface area contributed by atoms with Crippen LogP contribution in [0.25, 0.3) is 5.76 Å². The summed E-state index contributed by atoms with van der Waals surface area (Å²) in [6.07, 6.45) is -10.4. The highest BCUT2D eigenvalue weighted by Gasteiger charge is 2.49. The Kier molecular flexibility index (Phi) is 8.98. The number of carbonyl (C=O) groups is 2. The summed E-state index contributed by atoms with van der Waals surface area (Å²) in [5.41, 5.74) is -0.622. The summed E-state index contributed by atoms with van der Waals surface area (Å²) in [6, 6.07) is 6.44. The fraction of sp³-hybridized carbons (Fsp3) is 0.385. The first-order valence-corrected chi connectivity index (χ1v) is 12.2. The van der Waals surface area contributed by atoms with Crippen molar-refractivity contribution in [3.05, 3.63) is 53.3 Å². The van der Waals surface area contributed by atoms with Crippen molar-refractivity contribution in [1.29, 1.82) is 0 Å². The van der Waals surface area contributed by atoms with Crippen molar-refractivity contribution in [3.8, 4) is 23.0 Å². The summed E-state index contributed by atoms with van der Waals surface area (Å²) < 4.78 is 26.8. The fourth-order valence-electron chi connectivity index (χ4n) is 4.13. The summed E-state index contributed by atoms with van der Waals surface area (Å²) in [5.74, 6) is -5.81. The van der Waals surface area contributed by atoms with Crippen LogP contribution < -0.4 is 4.74 Å². The van der Waals surface area contributed by atoms with Gasteiger partial charge < -0.3 is 64.5 Å². The molecule has 0 saturated carbocycles. The maximum absolute atomic E-state index is 13.6. The van der Waals surface area contributed by atoms with Gasteiger partial charge in [-0.05, 0) is 30.3 Å². The molecule has 0 spiro atoms. The molecule has 0 aliphatic carbocycles. The van der Waals surface area contributed by atoms with Crippen molar-refractivity contribution < 1.29 is 74.1 Å². The predicted molar refractivity (Wildman–Crippen MR) is 133 cm³/mol. The number of esters is 1. The SMILES string of the molecule is CC(=O)Oc1cc(C(=O)/C(O[C@@H]2OC[C@@H](O)[C@H]2O[C@@H]2O[C@H](CO)[C@@H](O)[C@@H]2O)=C(\O)c2ccc(O)cc2)c(O)cc1O. The molecule has 15 heteroatoms. The van der Waals surface area contributed by atoms with Crippen molar-refractivity contribution >= 4 is 17.5 Å². The van der Waals surface area contributed by atoms with Gasteiger partial charge in [0.05, 0.1) is 18.8 Å². The number of allylic oxidation sites excluding steroid dienone is 1. The number of aliphatic hydroxyl groups excluding tert-OH is 5. The fourth-order valence-corrected chi connectivity index (χ4v) is 4.13. The quantitative estimate of drug-likeness (QED) is 0.0607. The normalized spacial score (nSPS) is 28.3. The molecule has 2 heterocycles. The van der Waals surface area contributed by atoms with E-state index in [1.807, 2.05) is 0 Å². The smallest absolute Gasteiger partial charge is 0.308 e. The Labute approximate surface area is 231 Å². The molecule has 0 amide bonds. The molecule has 0 unspecified atom stereocenters. The molecule has 8 N–H and O–H groups in total. The molecule has 2 saturated heterocycles. The van der Waals surface area contributed by atoms with Gasteiger partial charge in [0, 0.05) is 18.6 Å². The molecule has 2 aliphatic rings. The van der Waals surface area contributed by atoms with Crippen LogP contribution in [-0.2, 0) is 23.7 Å². The molecule has 4 rings (SSSR count). The second-order valence-corrected chi connectivity index (χ2v) is 9.18. The number of phenols is 3. The Morgan fingerprint density at radius 2 is 1.66 bits per heavy atom. The van der Waals surface area contributed by atoms with E-state index in [4.69, 9.17) is 23.7 Å². The third-order valence-electron chi connectivity index (χ3n) is 6.24. The van der Waals surface area contributed by atoms with E-state index < -0.39 is 102 Å². The number of benzene rings is 2. The topological polar surface area (TPSA) is 242 Å². The maximum atomic E-state index is 13.6. The lowest BCUT2D eigenvalue weighted by Crippen LogP contribution is -2.42. The third-order valence-corrected chi connectivity index (χ3v) is 6.24. The maximum Gasteiger partial charge on any atom is 0.308 e. The zero-order valence-electron chi connectivity index (χ0n) is 21.4. The van der Waals surface area contributed by atoms with Crippen LogP contribution in [0.1, 0.15) is 22.8 Å². The van der Waals surface area contributed by atoms with Crippen molar-refractivity contribution in [3.63, 3.8) is 0 Å². The molecule has 2 fully saturated rings. The Morgan fingerprint density at radius 3 is 2.27 bits per heavy atom. The molecule has 0 bridgehead atoms.